The molecule has 7 nitrogen and oxygen atoms in total. The van der Waals surface area contributed by atoms with E-state index in [-0.39, 0.29) is 17.3 Å². The second kappa shape index (κ2) is 12.0. The number of nitrogens with one attached hydrogen (secondary N) is 2. The number of aromatic nitrogens is 2. The number of carbonyl (C=O) groups excluding carboxylic acids is 1. The van der Waals surface area contributed by atoms with Crippen LogP contribution in [-0.4, -0.2) is 33.9 Å². The van der Waals surface area contributed by atoms with Crippen molar-refractivity contribution in [3.8, 4) is 0 Å². The fourth-order valence-electron chi connectivity index (χ4n) is 5.42. The van der Waals surface area contributed by atoms with Crippen LogP contribution < -0.4 is 10.9 Å². The van der Waals surface area contributed by atoms with Gasteiger partial charge in [-0.2, -0.15) is 13.2 Å². The van der Waals surface area contributed by atoms with Crippen LogP contribution in [0.2, 0.25) is 5.02 Å². The number of ether oxygens (including phenoxy) is 1. The van der Waals surface area contributed by atoms with Gasteiger partial charge in [-0.25, -0.2) is 4.79 Å². The van der Waals surface area contributed by atoms with E-state index in [4.69, 9.17) is 16.3 Å². The summed E-state index contributed by atoms with van der Waals surface area (Å²) >= 11 is 9.61. The first-order valence-electron chi connectivity index (χ1n) is 13.1. The fraction of sp³-hybridized carbons (Fsp3) is 0.267. The first-order chi connectivity index (χ1) is 20.0. The van der Waals surface area contributed by atoms with E-state index in [1.807, 2.05) is 42.5 Å². The SMILES string of the molecule is Cn1[nH]c(=O)c(Br)c1C(c1ccccc1)N1CCC(OC(=O)Nc2ccc(C(F)(F)F)cc2)(c2ccc(Cl)cc2)CC1. The smallest absolute Gasteiger partial charge is 0.416 e. The van der Waals surface area contributed by atoms with Gasteiger partial charge >= 0.3 is 12.3 Å². The summed E-state index contributed by atoms with van der Waals surface area (Å²) in [7, 11) is 1.79. The number of benzene rings is 3. The zero-order chi connectivity index (χ0) is 30.1. The third-order valence-corrected chi connectivity index (χ3v) is 8.54. The molecule has 0 aliphatic carbocycles. The molecule has 1 aromatic heterocycles. The summed E-state index contributed by atoms with van der Waals surface area (Å²) < 4.78 is 47.1. The molecule has 12 heteroatoms. The molecule has 42 heavy (non-hydrogen) atoms. The molecule has 3 aromatic carbocycles. The minimum atomic E-state index is -4.48. The molecule has 1 fully saturated rings. The van der Waals surface area contributed by atoms with Crippen LogP contribution in [0.4, 0.5) is 23.7 Å². The Balaban J connectivity index is 1.41. The Morgan fingerprint density at radius 3 is 2.19 bits per heavy atom. The molecule has 4 aromatic rings. The van der Waals surface area contributed by atoms with Crippen LogP contribution in [-0.2, 0) is 23.6 Å². The van der Waals surface area contributed by atoms with Crippen molar-refractivity contribution in [3.05, 3.63) is 121 Å². The van der Waals surface area contributed by atoms with Crippen LogP contribution in [0.1, 0.15) is 41.3 Å². The predicted molar refractivity (Wildman–Crippen MR) is 158 cm³/mol. The van der Waals surface area contributed by atoms with Gasteiger partial charge in [0.15, 0.2) is 0 Å². The van der Waals surface area contributed by atoms with Crippen LogP contribution in [0.15, 0.2) is 88.1 Å². The van der Waals surface area contributed by atoms with Crippen LogP contribution >= 0.6 is 27.5 Å². The molecule has 1 amide bonds. The van der Waals surface area contributed by atoms with Crippen LogP contribution in [0.5, 0.6) is 0 Å². The molecule has 1 saturated heterocycles. The molecular weight excluding hydrogens is 637 g/mol. The van der Waals surface area contributed by atoms with E-state index in [1.165, 1.54) is 12.1 Å². The quantitative estimate of drug-likeness (QED) is 0.224. The van der Waals surface area contributed by atoms with E-state index in [0.717, 1.165) is 29.0 Å². The summed E-state index contributed by atoms with van der Waals surface area (Å²) in [5.74, 6) is 0. The van der Waals surface area contributed by atoms with E-state index >= 15 is 0 Å². The number of halogens is 5. The number of anilines is 1. The van der Waals surface area contributed by atoms with Gasteiger partial charge in [0, 0.05) is 43.7 Å². The van der Waals surface area contributed by atoms with E-state index in [2.05, 4.69) is 31.2 Å². The third-order valence-electron chi connectivity index (χ3n) is 7.52. The molecule has 0 bridgehead atoms. The Hall–Kier alpha value is -3.54. The average molecular weight is 664 g/mol. The van der Waals surface area contributed by atoms with Crippen molar-refractivity contribution in [1.29, 1.82) is 0 Å². The van der Waals surface area contributed by atoms with Crippen molar-refractivity contribution in [3.63, 3.8) is 0 Å². The molecule has 1 aliphatic heterocycles. The van der Waals surface area contributed by atoms with Gasteiger partial charge in [0.25, 0.3) is 5.56 Å². The molecule has 1 unspecified atom stereocenters. The minimum absolute atomic E-state index is 0.180. The summed E-state index contributed by atoms with van der Waals surface area (Å²) in [5.41, 5.74) is 0.619. The number of H-pyrrole nitrogens is 1. The number of aryl methyl sites for hydroxylation is 1. The fourth-order valence-corrected chi connectivity index (χ4v) is 6.11. The lowest BCUT2D eigenvalue weighted by molar-refractivity contribution is -0.137. The minimum Gasteiger partial charge on any atom is -0.438 e. The molecule has 0 radical (unpaired) electrons. The van der Waals surface area contributed by atoms with Crippen LogP contribution in [0.3, 0.4) is 0 Å². The maximum Gasteiger partial charge on any atom is 0.416 e. The van der Waals surface area contributed by atoms with Crippen molar-refractivity contribution < 1.29 is 22.7 Å². The number of carbonyl (C=O) groups is 1. The second-order valence-electron chi connectivity index (χ2n) is 10.1. The molecule has 1 atom stereocenters. The number of piperidine rings is 1. The van der Waals surface area contributed by atoms with Gasteiger partial charge < -0.3 is 4.74 Å². The summed E-state index contributed by atoms with van der Waals surface area (Å²) in [4.78, 5) is 27.8. The lowest BCUT2D eigenvalue weighted by atomic mass is 9.83. The second-order valence-corrected chi connectivity index (χ2v) is 11.4. The number of nitrogens with zero attached hydrogens (tertiary/aromatic N) is 2. The molecule has 220 valence electrons. The number of aromatic amines is 1. The highest BCUT2D eigenvalue weighted by atomic mass is 79.9. The van der Waals surface area contributed by atoms with Gasteiger partial charge in [-0.05, 0) is 63.5 Å². The first-order valence-corrected chi connectivity index (χ1v) is 14.3. The monoisotopic (exact) mass is 662 g/mol. The lowest BCUT2D eigenvalue weighted by Crippen LogP contribution is -2.47. The number of likely N-dealkylation sites (tertiary alicyclic amines) is 1. The summed E-state index contributed by atoms with van der Waals surface area (Å²) in [5, 5.41) is 5.90. The van der Waals surface area contributed by atoms with Crippen LogP contribution in [0.25, 0.3) is 0 Å². The number of hydrogen-bond acceptors (Lipinski definition) is 4. The summed E-state index contributed by atoms with van der Waals surface area (Å²) in [6.45, 7) is 1.00. The highest BCUT2D eigenvalue weighted by molar-refractivity contribution is 9.10. The van der Waals surface area contributed by atoms with Gasteiger partial charge in [-0.1, -0.05) is 54.1 Å². The molecule has 1 aliphatic rings. The van der Waals surface area contributed by atoms with E-state index in [1.54, 1.807) is 23.9 Å². The molecule has 2 heterocycles. The molecule has 5 rings (SSSR count). The number of hydrogen-bond donors (Lipinski definition) is 2. The lowest BCUT2D eigenvalue weighted by Gasteiger charge is -2.44. The highest BCUT2D eigenvalue weighted by Crippen LogP contribution is 2.42. The Morgan fingerprint density at radius 1 is 1.02 bits per heavy atom. The zero-order valence-electron chi connectivity index (χ0n) is 22.4. The van der Waals surface area contributed by atoms with Crippen LogP contribution in [0, 0.1) is 0 Å². The van der Waals surface area contributed by atoms with Crippen molar-refractivity contribution in [2.75, 3.05) is 18.4 Å². The summed E-state index contributed by atoms with van der Waals surface area (Å²) in [6, 6.07) is 20.8. The number of rotatable bonds is 6. The van der Waals surface area contributed by atoms with Gasteiger partial charge in [0.1, 0.15) is 10.1 Å². The predicted octanol–water partition coefficient (Wildman–Crippen LogP) is 7.48. The van der Waals surface area contributed by atoms with E-state index in [9.17, 15) is 22.8 Å². The maximum atomic E-state index is 13.1. The van der Waals surface area contributed by atoms with Crippen molar-refractivity contribution in [2.45, 2.75) is 30.7 Å². The largest absolute Gasteiger partial charge is 0.438 e. The van der Waals surface area contributed by atoms with E-state index < -0.39 is 23.4 Å². The molecule has 2 N–H and O–H groups in total. The van der Waals surface area contributed by atoms with Crippen molar-refractivity contribution >= 4 is 39.3 Å². The molecule has 0 saturated carbocycles. The molecule has 0 spiro atoms. The molecular formula is C30H27BrClF3N4O3. The Bertz CT molecular complexity index is 1600. The standard InChI is InChI=1S/C30H27BrClF3N4O3/c1-38-26(24(31)27(40)37-38)25(19-5-3-2-4-6-19)39-17-15-29(16-18-39,20-7-11-22(32)12-8-20)42-28(41)36-23-13-9-21(10-14-23)30(33,34)35/h2-14,25H,15-18H2,1H3,(H,36,41)(H,37,40). The van der Waals surface area contributed by atoms with Gasteiger partial charge in [0.2, 0.25) is 0 Å². The third kappa shape index (κ3) is 6.28. The van der Waals surface area contributed by atoms with E-state index in [0.29, 0.717) is 35.4 Å². The van der Waals surface area contributed by atoms with Gasteiger partial charge in [-0.15, -0.1) is 0 Å². The Morgan fingerprint density at radius 2 is 1.64 bits per heavy atom. The van der Waals surface area contributed by atoms with Crippen molar-refractivity contribution in [2.24, 2.45) is 7.05 Å². The zero-order valence-corrected chi connectivity index (χ0v) is 24.8. The van der Waals surface area contributed by atoms with Gasteiger partial charge in [0.05, 0.1) is 17.3 Å². The Labute approximate surface area is 253 Å². The normalized spacial score (nSPS) is 16.1. The number of alkyl halides is 3. The van der Waals surface area contributed by atoms with Gasteiger partial charge in [-0.3, -0.25) is 24.8 Å². The highest BCUT2D eigenvalue weighted by Gasteiger charge is 2.43. The average Bonchev–Trinajstić information content (AvgIpc) is 3.21. The first kappa shape index (κ1) is 29.9. The van der Waals surface area contributed by atoms with Crippen molar-refractivity contribution in [1.82, 2.24) is 14.7 Å². The topological polar surface area (TPSA) is 79.4 Å². The Kier molecular flexibility index (Phi) is 8.54. The maximum absolute atomic E-state index is 13.1. The summed E-state index contributed by atoms with van der Waals surface area (Å²) in [6.07, 6.45) is -4.44. The number of amides is 1.